The molecule has 8 heteroatoms. The first-order valence-electron chi connectivity index (χ1n) is 8.89. The minimum Gasteiger partial charge on any atom is -0.472 e. The van der Waals surface area contributed by atoms with Gasteiger partial charge < -0.3 is 19.4 Å². The number of thiophene rings is 1. The van der Waals surface area contributed by atoms with Crippen molar-refractivity contribution >= 4 is 34.1 Å². The fraction of sp³-hybridized carbons (Fsp3) is 0.421. The number of hydrogen-bond acceptors (Lipinski definition) is 6. The predicted octanol–water partition coefficient (Wildman–Crippen LogP) is 3.32. The number of nitrogens with zero attached hydrogens (tertiary/aromatic N) is 1. The average molecular weight is 390 g/mol. The van der Waals surface area contributed by atoms with Gasteiger partial charge in [-0.2, -0.15) is 0 Å². The summed E-state index contributed by atoms with van der Waals surface area (Å²) in [5.74, 6) is -0.684. The minimum absolute atomic E-state index is 0.0735. The molecule has 0 aliphatic carbocycles. The Kier molecular flexibility index (Phi) is 5.95. The van der Waals surface area contributed by atoms with Crippen molar-refractivity contribution in [2.45, 2.75) is 26.7 Å². The standard InChI is InChI=1S/C19H22N2O5S/c1-3-26-19(24)16-12(2)10-15(27-16)20-17(22)13-4-7-21(8-5-13)18(23)14-6-9-25-11-14/h6,9-11,13H,3-5,7-8H2,1-2H3,(H,20,22). The predicted molar refractivity (Wildman–Crippen MR) is 101 cm³/mol. The van der Waals surface area contributed by atoms with Crippen LogP contribution in [0.4, 0.5) is 5.00 Å². The van der Waals surface area contributed by atoms with Gasteiger partial charge in [0.25, 0.3) is 5.91 Å². The van der Waals surface area contributed by atoms with Crippen LogP contribution in [0.15, 0.2) is 29.1 Å². The molecular formula is C19H22N2O5S. The fourth-order valence-electron chi connectivity index (χ4n) is 3.08. The zero-order valence-corrected chi connectivity index (χ0v) is 16.1. The maximum Gasteiger partial charge on any atom is 0.348 e. The van der Waals surface area contributed by atoms with Gasteiger partial charge in [-0.1, -0.05) is 0 Å². The second-order valence-electron chi connectivity index (χ2n) is 6.41. The van der Waals surface area contributed by atoms with Gasteiger partial charge in [0, 0.05) is 19.0 Å². The van der Waals surface area contributed by atoms with E-state index in [9.17, 15) is 14.4 Å². The number of rotatable bonds is 5. The Balaban J connectivity index is 1.55. The summed E-state index contributed by atoms with van der Waals surface area (Å²) in [6.45, 7) is 4.94. The van der Waals surface area contributed by atoms with Crippen LogP contribution in [0.5, 0.6) is 0 Å². The van der Waals surface area contributed by atoms with E-state index in [2.05, 4.69) is 5.32 Å². The molecule has 2 aromatic heterocycles. The quantitative estimate of drug-likeness (QED) is 0.791. The maximum atomic E-state index is 12.5. The third kappa shape index (κ3) is 4.39. The van der Waals surface area contributed by atoms with Crippen molar-refractivity contribution in [2.24, 2.45) is 5.92 Å². The lowest BCUT2D eigenvalue weighted by Gasteiger charge is -2.31. The lowest BCUT2D eigenvalue weighted by atomic mass is 9.95. The van der Waals surface area contributed by atoms with Crippen LogP contribution in [0, 0.1) is 12.8 Å². The third-order valence-corrected chi connectivity index (χ3v) is 5.68. The van der Waals surface area contributed by atoms with E-state index >= 15 is 0 Å². The highest BCUT2D eigenvalue weighted by Crippen LogP contribution is 2.29. The zero-order valence-electron chi connectivity index (χ0n) is 15.3. The van der Waals surface area contributed by atoms with E-state index in [-0.39, 0.29) is 23.7 Å². The molecule has 0 saturated carbocycles. The molecule has 3 rings (SSSR count). The van der Waals surface area contributed by atoms with E-state index < -0.39 is 0 Å². The molecule has 2 aromatic rings. The summed E-state index contributed by atoms with van der Waals surface area (Å²) in [5.41, 5.74) is 1.31. The molecule has 0 spiro atoms. The Morgan fingerprint density at radius 2 is 2.07 bits per heavy atom. The van der Waals surface area contributed by atoms with Gasteiger partial charge in [-0.05, 0) is 44.4 Å². The van der Waals surface area contributed by atoms with Gasteiger partial charge in [0.15, 0.2) is 0 Å². The first-order chi connectivity index (χ1) is 13.0. The summed E-state index contributed by atoms with van der Waals surface area (Å²) in [4.78, 5) is 39.0. The molecule has 2 amide bonds. The molecule has 27 heavy (non-hydrogen) atoms. The van der Waals surface area contributed by atoms with Gasteiger partial charge in [-0.3, -0.25) is 9.59 Å². The van der Waals surface area contributed by atoms with Crippen LogP contribution in [0.3, 0.4) is 0 Å². The monoisotopic (exact) mass is 390 g/mol. The fourth-order valence-corrected chi connectivity index (χ4v) is 4.05. The van der Waals surface area contributed by atoms with Crippen LogP contribution < -0.4 is 5.32 Å². The summed E-state index contributed by atoms with van der Waals surface area (Å²) in [5, 5.41) is 3.53. The molecule has 0 aromatic carbocycles. The van der Waals surface area contributed by atoms with Crippen molar-refractivity contribution < 1.29 is 23.5 Å². The molecule has 7 nitrogen and oxygen atoms in total. The van der Waals surface area contributed by atoms with E-state index in [0.29, 0.717) is 48.0 Å². The molecule has 1 N–H and O–H groups in total. The Bertz CT molecular complexity index is 819. The molecule has 0 unspecified atom stereocenters. The normalized spacial score (nSPS) is 14.8. The van der Waals surface area contributed by atoms with Gasteiger partial charge in [0.05, 0.1) is 23.4 Å². The number of carbonyl (C=O) groups excluding carboxylic acids is 3. The summed E-state index contributed by atoms with van der Waals surface area (Å²) in [7, 11) is 0. The number of aryl methyl sites for hydroxylation is 1. The van der Waals surface area contributed by atoms with E-state index in [1.807, 2.05) is 6.92 Å². The lowest BCUT2D eigenvalue weighted by molar-refractivity contribution is -0.121. The van der Waals surface area contributed by atoms with Gasteiger partial charge in [0.2, 0.25) is 5.91 Å². The highest BCUT2D eigenvalue weighted by molar-refractivity contribution is 7.18. The maximum absolute atomic E-state index is 12.5. The van der Waals surface area contributed by atoms with Gasteiger partial charge in [0.1, 0.15) is 11.1 Å². The summed E-state index contributed by atoms with van der Waals surface area (Å²) in [6.07, 6.45) is 4.11. The second kappa shape index (κ2) is 8.39. The number of nitrogens with one attached hydrogen (secondary N) is 1. The molecule has 1 aliphatic rings. The number of ether oxygens (including phenoxy) is 1. The number of likely N-dealkylation sites (tertiary alicyclic amines) is 1. The number of amides is 2. The van der Waals surface area contributed by atoms with Crippen molar-refractivity contribution in [3.8, 4) is 0 Å². The van der Waals surface area contributed by atoms with Gasteiger partial charge in [-0.15, -0.1) is 11.3 Å². The SMILES string of the molecule is CCOC(=O)c1sc(NC(=O)C2CCN(C(=O)c3ccoc3)CC2)cc1C. The van der Waals surface area contributed by atoms with Crippen molar-refractivity contribution in [3.63, 3.8) is 0 Å². The van der Waals surface area contributed by atoms with E-state index in [1.54, 1.807) is 24.0 Å². The Morgan fingerprint density at radius 1 is 1.33 bits per heavy atom. The topological polar surface area (TPSA) is 88.9 Å². The number of furan rings is 1. The van der Waals surface area contributed by atoms with Gasteiger partial charge in [-0.25, -0.2) is 4.79 Å². The number of esters is 1. The molecule has 144 valence electrons. The number of hydrogen-bond donors (Lipinski definition) is 1. The van der Waals surface area contributed by atoms with Crippen LogP contribution in [-0.4, -0.2) is 42.4 Å². The second-order valence-corrected chi connectivity index (χ2v) is 7.46. The Hall–Kier alpha value is -2.61. The van der Waals surface area contributed by atoms with Crippen molar-refractivity contribution in [1.82, 2.24) is 4.90 Å². The number of carbonyl (C=O) groups is 3. The largest absolute Gasteiger partial charge is 0.472 e. The van der Waals surface area contributed by atoms with E-state index in [4.69, 9.17) is 9.15 Å². The highest BCUT2D eigenvalue weighted by Gasteiger charge is 2.28. The smallest absolute Gasteiger partial charge is 0.348 e. The van der Waals surface area contributed by atoms with Crippen molar-refractivity contribution in [2.75, 3.05) is 25.0 Å². The van der Waals surface area contributed by atoms with E-state index in [0.717, 1.165) is 5.56 Å². The average Bonchev–Trinajstić information content (AvgIpc) is 3.31. The summed E-state index contributed by atoms with van der Waals surface area (Å²) in [6, 6.07) is 3.42. The van der Waals surface area contributed by atoms with Crippen LogP contribution >= 0.6 is 11.3 Å². The van der Waals surface area contributed by atoms with Crippen molar-refractivity contribution in [1.29, 1.82) is 0 Å². The molecule has 3 heterocycles. The Labute approximate surface area is 161 Å². The number of piperidine rings is 1. The van der Waals surface area contributed by atoms with Crippen LogP contribution in [0.2, 0.25) is 0 Å². The van der Waals surface area contributed by atoms with Crippen molar-refractivity contribution in [3.05, 3.63) is 40.7 Å². The van der Waals surface area contributed by atoms with Crippen LogP contribution in [0.25, 0.3) is 0 Å². The van der Waals surface area contributed by atoms with E-state index in [1.165, 1.54) is 23.9 Å². The minimum atomic E-state index is -0.369. The summed E-state index contributed by atoms with van der Waals surface area (Å²) < 4.78 is 9.98. The highest BCUT2D eigenvalue weighted by atomic mass is 32.1. The third-order valence-electron chi connectivity index (χ3n) is 4.55. The molecule has 1 fully saturated rings. The van der Waals surface area contributed by atoms with Gasteiger partial charge >= 0.3 is 5.97 Å². The first-order valence-corrected chi connectivity index (χ1v) is 9.71. The number of anilines is 1. The molecule has 1 saturated heterocycles. The van der Waals surface area contributed by atoms with Crippen LogP contribution in [0.1, 0.15) is 45.4 Å². The first kappa shape index (κ1) is 19.2. The Morgan fingerprint density at radius 3 is 2.70 bits per heavy atom. The zero-order chi connectivity index (χ0) is 19.4. The molecule has 0 atom stereocenters. The molecule has 1 aliphatic heterocycles. The summed E-state index contributed by atoms with van der Waals surface area (Å²) >= 11 is 1.22. The molecular weight excluding hydrogens is 368 g/mol. The lowest BCUT2D eigenvalue weighted by Crippen LogP contribution is -2.41. The molecule has 0 radical (unpaired) electrons. The molecule has 0 bridgehead atoms. The van der Waals surface area contributed by atoms with Crippen LogP contribution in [-0.2, 0) is 9.53 Å².